The summed E-state index contributed by atoms with van der Waals surface area (Å²) < 4.78 is 30.0. The van der Waals surface area contributed by atoms with Gasteiger partial charge in [-0.3, -0.25) is 4.79 Å². The van der Waals surface area contributed by atoms with Crippen molar-refractivity contribution >= 4 is 5.97 Å². The van der Waals surface area contributed by atoms with Crippen molar-refractivity contribution in [1.29, 1.82) is 0 Å². The number of methoxy groups -OCH3 is 1. The van der Waals surface area contributed by atoms with Crippen molar-refractivity contribution < 1.29 is 28.5 Å². The number of hydrogen-bond donors (Lipinski definition) is 0. The number of ether oxygens (including phenoxy) is 5. The Morgan fingerprint density at radius 2 is 1.72 bits per heavy atom. The molecule has 4 saturated carbocycles. The SMILES string of the molecule is C=C(C)[C@@H](CC[C@@H](C)[C@H]1CC[C@H]2[C@@H]3[C@H](OCOC)C[C@H]4CC5(CC[C@]4(C)[C@H]3CC[C@]12C)OCCO5)OC(C)=O. The fourth-order valence-corrected chi connectivity index (χ4v) is 10.4. The van der Waals surface area contributed by atoms with E-state index in [9.17, 15) is 4.79 Å². The van der Waals surface area contributed by atoms with E-state index < -0.39 is 0 Å². The van der Waals surface area contributed by atoms with Crippen molar-refractivity contribution in [2.24, 2.45) is 46.3 Å². The van der Waals surface area contributed by atoms with Crippen LogP contribution in [0, 0.1) is 46.3 Å². The van der Waals surface area contributed by atoms with Crippen molar-refractivity contribution in [2.75, 3.05) is 27.1 Å². The third kappa shape index (κ3) is 5.37. The van der Waals surface area contributed by atoms with Gasteiger partial charge < -0.3 is 23.7 Å². The lowest BCUT2D eigenvalue weighted by atomic mass is 9.43. The predicted molar refractivity (Wildman–Crippen MR) is 151 cm³/mol. The number of esters is 1. The molecule has 39 heavy (non-hydrogen) atoms. The van der Waals surface area contributed by atoms with Gasteiger partial charge in [0.15, 0.2) is 5.79 Å². The third-order valence-electron chi connectivity index (χ3n) is 12.4. The lowest BCUT2D eigenvalue weighted by molar-refractivity contribution is -0.253. The number of carbonyl (C=O) groups excluding carboxylic acids is 1. The van der Waals surface area contributed by atoms with Crippen LogP contribution in [-0.4, -0.2) is 51.1 Å². The van der Waals surface area contributed by atoms with E-state index in [1.807, 2.05) is 6.92 Å². The fourth-order valence-electron chi connectivity index (χ4n) is 10.4. The highest BCUT2D eigenvalue weighted by molar-refractivity contribution is 5.66. The van der Waals surface area contributed by atoms with Crippen molar-refractivity contribution in [3.05, 3.63) is 12.2 Å². The van der Waals surface area contributed by atoms with Crippen molar-refractivity contribution in [1.82, 2.24) is 0 Å². The minimum absolute atomic E-state index is 0.171. The molecule has 0 aromatic heterocycles. The molecule has 0 bridgehead atoms. The van der Waals surface area contributed by atoms with E-state index in [1.165, 1.54) is 39.0 Å². The van der Waals surface area contributed by atoms with Crippen LogP contribution in [0.25, 0.3) is 0 Å². The number of hydrogen-bond acceptors (Lipinski definition) is 6. The molecule has 0 radical (unpaired) electrons. The molecule has 1 saturated heterocycles. The Morgan fingerprint density at radius 3 is 2.38 bits per heavy atom. The summed E-state index contributed by atoms with van der Waals surface area (Å²) in [5.74, 6) is 3.22. The van der Waals surface area contributed by atoms with Crippen LogP contribution in [0.2, 0.25) is 0 Å². The van der Waals surface area contributed by atoms with Gasteiger partial charge in [0, 0.05) is 26.9 Å². The van der Waals surface area contributed by atoms with Crippen LogP contribution in [0.5, 0.6) is 0 Å². The molecule has 0 aromatic carbocycles. The molecule has 0 unspecified atom stereocenters. The fraction of sp³-hybridized carbons (Fsp3) is 0.909. The van der Waals surface area contributed by atoms with Crippen LogP contribution in [0.3, 0.4) is 0 Å². The highest BCUT2D eigenvalue weighted by Crippen LogP contribution is 2.69. The molecule has 5 rings (SSSR count). The van der Waals surface area contributed by atoms with E-state index in [-0.39, 0.29) is 24.0 Å². The second-order valence-electron chi connectivity index (χ2n) is 14.4. The van der Waals surface area contributed by atoms with Gasteiger partial charge in [-0.25, -0.2) is 0 Å². The molecule has 6 nitrogen and oxygen atoms in total. The molecule has 0 amide bonds. The van der Waals surface area contributed by atoms with Gasteiger partial charge in [0.25, 0.3) is 0 Å². The van der Waals surface area contributed by atoms with Gasteiger partial charge in [0.05, 0.1) is 19.3 Å². The first-order chi connectivity index (χ1) is 18.5. The Kier molecular flexibility index (Phi) is 8.62. The molecule has 0 N–H and O–H groups in total. The Morgan fingerprint density at radius 1 is 1.00 bits per heavy atom. The van der Waals surface area contributed by atoms with Gasteiger partial charge in [0.2, 0.25) is 0 Å². The second kappa shape index (κ2) is 11.4. The maximum atomic E-state index is 11.6. The highest BCUT2D eigenvalue weighted by Gasteiger charge is 2.65. The molecule has 4 aliphatic carbocycles. The predicted octanol–water partition coefficient (Wildman–Crippen LogP) is 6.91. The van der Waals surface area contributed by atoms with Gasteiger partial charge in [-0.1, -0.05) is 27.4 Å². The largest absolute Gasteiger partial charge is 0.458 e. The molecule has 5 aliphatic rings. The highest BCUT2D eigenvalue weighted by atomic mass is 16.7. The molecule has 222 valence electrons. The first-order valence-corrected chi connectivity index (χ1v) is 15.7. The molecule has 1 aliphatic heterocycles. The monoisotopic (exact) mass is 546 g/mol. The standard InChI is InChI=1S/C33H54O6/c1-21(2)28(39-23(4)34)11-8-22(3)25-9-10-26-30-27(12-13-32(25,26)6)31(5)14-15-33(37-16-17-38-33)19-24(31)18-29(30)36-20-35-7/h22,24-30H,1,8-20H2,2-7H3/t22-,24+,25-,26+,27+,28-,29-,30+,31+,32-/m1/s1. The zero-order valence-electron chi connectivity index (χ0n) is 25.5. The maximum Gasteiger partial charge on any atom is 0.303 e. The Labute approximate surface area is 236 Å². The van der Waals surface area contributed by atoms with Crippen LogP contribution in [-0.2, 0) is 28.5 Å². The molecule has 1 spiro atoms. The van der Waals surface area contributed by atoms with Crippen LogP contribution in [0.4, 0.5) is 0 Å². The zero-order valence-corrected chi connectivity index (χ0v) is 25.5. The molecular weight excluding hydrogens is 492 g/mol. The zero-order chi connectivity index (χ0) is 28.0. The molecule has 10 atom stereocenters. The summed E-state index contributed by atoms with van der Waals surface area (Å²) in [6.07, 6.45) is 11.5. The van der Waals surface area contributed by atoms with Crippen LogP contribution < -0.4 is 0 Å². The molecule has 5 fully saturated rings. The number of rotatable bonds is 9. The normalized spacial score (nSPS) is 42.3. The Balaban J connectivity index is 1.34. The first-order valence-electron chi connectivity index (χ1n) is 15.7. The number of fused-ring (bicyclic) bond motifs is 5. The lowest BCUT2D eigenvalue weighted by Crippen LogP contribution is -2.60. The smallest absolute Gasteiger partial charge is 0.303 e. The van der Waals surface area contributed by atoms with E-state index in [0.717, 1.165) is 50.9 Å². The average Bonchev–Trinajstić information content (AvgIpc) is 3.49. The summed E-state index contributed by atoms with van der Waals surface area (Å²) >= 11 is 0. The lowest BCUT2D eigenvalue weighted by Gasteiger charge is -2.63. The summed E-state index contributed by atoms with van der Waals surface area (Å²) in [6, 6.07) is 0. The number of carbonyl (C=O) groups is 1. The summed E-state index contributed by atoms with van der Waals surface area (Å²) in [7, 11) is 1.74. The Hall–Kier alpha value is -0.950. The van der Waals surface area contributed by atoms with Crippen LogP contribution in [0.1, 0.15) is 98.8 Å². The van der Waals surface area contributed by atoms with Gasteiger partial charge in [0.1, 0.15) is 12.9 Å². The summed E-state index contributed by atoms with van der Waals surface area (Å²) in [5.41, 5.74) is 1.59. The molecule has 1 heterocycles. The second-order valence-corrected chi connectivity index (χ2v) is 14.4. The van der Waals surface area contributed by atoms with Crippen LogP contribution >= 0.6 is 0 Å². The summed E-state index contributed by atoms with van der Waals surface area (Å²) in [5, 5.41) is 0. The van der Waals surface area contributed by atoms with Gasteiger partial charge in [-0.2, -0.15) is 0 Å². The average molecular weight is 547 g/mol. The van der Waals surface area contributed by atoms with Crippen molar-refractivity contribution in [3.8, 4) is 0 Å². The Bertz CT molecular complexity index is 897. The van der Waals surface area contributed by atoms with E-state index in [0.29, 0.717) is 53.1 Å². The van der Waals surface area contributed by atoms with E-state index >= 15 is 0 Å². The van der Waals surface area contributed by atoms with E-state index in [2.05, 4.69) is 27.4 Å². The topological polar surface area (TPSA) is 63.2 Å². The molecule has 6 heteroatoms. The van der Waals surface area contributed by atoms with Crippen molar-refractivity contribution in [2.45, 2.75) is 117 Å². The van der Waals surface area contributed by atoms with E-state index in [1.54, 1.807) is 7.11 Å². The van der Waals surface area contributed by atoms with Crippen LogP contribution in [0.15, 0.2) is 12.2 Å². The van der Waals surface area contributed by atoms with Gasteiger partial charge in [-0.05, 0) is 110 Å². The maximum absolute atomic E-state index is 11.6. The first kappa shape index (κ1) is 29.5. The summed E-state index contributed by atoms with van der Waals surface area (Å²) in [4.78, 5) is 11.6. The quantitative estimate of drug-likeness (QED) is 0.178. The van der Waals surface area contributed by atoms with Gasteiger partial charge >= 0.3 is 5.97 Å². The van der Waals surface area contributed by atoms with E-state index in [4.69, 9.17) is 23.7 Å². The minimum atomic E-state index is -0.354. The van der Waals surface area contributed by atoms with Gasteiger partial charge in [-0.15, -0.1) is 0 Å². The molecular formula is C33H54O6. The molecule has 0 aromatic rings. The summed E-state index contributed by atoms with van der Waals surface area (Å²) in [6.45, 7) is 17.0. The minimum Gasteiger partial charge on any atom is -0.458 e. The van der Waals surface area contributed by atoms with Crippen molar-refractivity contribution in [3.63, 3.8) is 0 Å². The third-order valence-corrected chi connectivity index (χ3v) is 12.4.